The number of amides is 1. The molecule has 1 saturated heterocycles. The first-order chi connectivity index (χ1) is 15.1. The Morgan fingerprint density at radius 3 is 2.81 bits per heavy atom. The molecule has 4 heterocycles. The Labute approximate surface area is 185 Å². The fraction of sp³-hybridized carbons (Fsp3) is 0.375. The van der Waals surface area contributed by atoms with Crippen LogP contribution in [0.25, 0.3) is 5.65 Å². The summed E-state index contributed by atoms with van der Waals surface area (Å²) in [5.74, 6) is -0.232. The second-order valence-corrected chi connectivity index (χ2v) is 9.57. The third kappa shape index (κ3) is 3.99. The summed E-state index contributed by atoms with van der Waals surface area (Å²) in [4.78, 5) is 25.0. The average Bonchev–Trinajstić information content (AvgIpc) is 3.38. The first-order valence-corrected chi connectivity index (χ1v) is 11.7. The number of rotatable bonds is 4. The van der Waals surface area contributed by atoms with Crippen molar-refractivity contribution >= 4 is 28.4 Å². The molecule has 3 aromatic rings. The molecule has 1 fully saturated rings. The van der Waals surface area contributed by atoms with Gasteiger partial charge in [-0.25, -0.2) is 4.98 Å². The summed E-state index contributed by atoms with van der Waals surface area (Å²) >= 11 is 1.67. The minimum atomic E-state index is -0.397. The zero-order valence-electron chi connectivity index (χ0n) is 17.4. The van der Waals surface area contributed by atoms with E-state index in [-0.39, 0.29) is 23.1 Å². The van der Waals surface area contributed by atoms with E-state index in [4.69, 9.17) is 4.99 Å². The molecule has 2 aliphatic rings. The van der Waals surface area contributed by atoms with Crippen molar-refractivity contribution in [1.82, 2.24) is 14.3 Å². The molecule has 7 heteroatoms. The molecule has 0 bridgehead atoms. The topological polar surface area (TPSA) is 50.0 Å². The van der Waals surface area contributed by atoms with Crippen LogP contribution in [0.15, 0.2) is 59.7 Å². The number of piperidine rings is 1. The van der Waals surface area contributed by atoms with Crippen molar-refractivity contribution in [2.24, 2.45) is 4.99 Å². The van der Waals surface area contributed by atoms with Crippen LogP contribution in [0.2, 0.25) is 0 Å². The number of hydrogen-bond acceptors (Lipinski definition) is 4. The molecule has 0 N–H and O–H groups in total. The smallest absolute Gasteiger partial charge is 0.249 e. The molecule has 160 valence electrons. The normalized spacial score (nSPS) is 23.9. The Bertz CT molecular complexity index is 1130. The van der Waals surface area contributed by atoms with Crippen LogP contribution in [0.3, 0.4) is 0 Å². The number of nitrogens with zero attached hydrogens (tertiary/aromatic N) is 4. The van der Waals surface area contributed by atoms with Gasteiger partial charge >= 0.3 is 0 Å². The van der Waals surface area contributed by atoms with Crippen LogP contribution in [0.1, 0.15) is 42.7 Å². The Morgan fingerprint density at radius 1 is 1.16 bits per heavy atom. The quantitative estimate of drug-likeness (QED) is 0.559. The summed E-state index contributed by atoms with van der Waals surface area (Å²) in [5.41, 5.74) is 2.55. The molecule has 2 aromatic heterocycles. The number of aliphatic imine (C=N–C) groups is 1. The fourth-order valence-electron chi connectivity index (χ4n) is 4.66. The van der Waals surface area contributed by atoms with Gasteiger partial charge in [0, 0.05) is 25.2 Å². The van der Waals surface area contributed by atoms with Gasteiger partial charge in [0.2, 0.25) is 5.91 Å². The molecular weight excluding hydrogens is 411 g/mol. The second-order valence-electron chi connectivity index (χ2n) is 8.24. The van der Waals surface area contributed by atoms with Gasteiger partial charge in [-0.2, -0.15) is 4.39 Å². The van der Waals surface area contributed by atoms with Crippen molar-refractivity contribution < 1.29 is 9.18 Å². The van der Waals surface area contributed by atoms with Crippen molar-refractivity contribution in [1.29, 1.82) is 0 Å². The van der Waals surface area contributed by atoms with Crippen molar-refractivity contribution in [3.63, 3.8) is 0 Å². The number of carbonyl (C=O) groups excluding carboxylic acids is 1. The van der Waals surface area contributed by atoms with Gasteiger partial charge in [-0.15, -0.1) is 11.8 Å². The number of likely N-dealkylation sites (tertiary alicyclic amines) is 1. The highest BCUT2D eigenvalue weighted by Crippen LogP contribution is 2.41. The number of pyridine rings is 1. The van der Waals surface area contributed by atoms with Gasteiger partial charge in [-0.1, -0.05) is 36.4 Å². The predicted octanol–water partition coefficient (Wildman–Crippen LogP) is 4.67. The number of thioether (sulfide) groups is 1. The fourth-order valence-corrected chi connectivity index (χ4v) is 5.80. The van der Waals surface area contributed by atoms with Crippen LogP contribution in [-0.2, 0) is 11.2 Å². The van der Waals surface area contributed by atoms with E-state index in [2.05, 4.69) is 17.1 Å². The van der Waals surface area contributed by atoms with Crippen molar-refractivity contribution in [3.05, 3.63) is 71.9 Å². The first kappa shape index (κ1) is 20.2. The first-order valence-electron chi connectivity index (χ1n) is 10.8. The summed E-state index contributed by atoms with van der Waals surface area (Å²) in [7, 11) is 0. The predicted molar refractivity (Wildman–Crippen MR) is 122 cm³/mol. The van der Waals surface area contributed by atoms with E-state index in [1.54, 1.807) is 30.1 Å². The van der Waals surface area contributed by atoms with Gasteiger partial charge in [0.05, 0.1) is 16.0 Å². The molecule has 3 atom stereocenters. The van der Waals surface area contributed by atoms with Crippen LogP contribution in [0.4, 0.5) is 4.39 Å². The highest BCUT2D eigenvalue weighted by molar-refractivity contribution is 8.14. The molecule has 5 rings (SSSR count). The number of fused-ring (bicyclic) bond motifs is 1. The van der Waals surface area contributed by atoms with Gasteiger partial charge in [0.15, 0.2) is 5.95 Å². The van der Waals surface area contributed by atoms with Gasteiger partial charge in [-0.05, 0) is 43.9 Å². The maximum atomic E-state index is 14.1. The van der Waals surface area contributed by atoms with E-state index in [9.17, 15) is 9.18 Å². The van der Waals surface area contributed by atoms with Gasteiger partial charge < -0.3 is 4.90 Å². The third-order valence-electron chi connectivity index (χ3n) is 6.13. The summed E-state index contributed by atoms with van der Waals surface area (Å²) < 4.78 is 15.5. The Balaban J connectivity index is 1.39. The van der Waals surface area contributed by atoms with E-state index in [1.807, 2.05) is 30.0 Å². The zero-order valence-corrected chi connectivity index (χ0v) is 18.3. The molecule has 0 saturated carbocycles. The number of halogens is 1. The van der Waals surface area contributed by atoms with E-state index in [0.717, 1.165) is 42.1 Å². The third-order valence-corrected chi connectivity index (χ3v) is 7.36. The number of benzene rings is 1. The monoisotopic (exact) mass is 436 g/mol. The lowest BCUT2D eigenvalue weighted by molar-refractivity contribution is -0.136. The number of aromatic nitrogens is 2. The van der Waals surface area contributed by atoms with Crippen molar-refractivity contribution in [3.8, 4) is 0 Å². The number of hydrogen-bond donors (Lipinski definition) is 0. The van der Waals surface area contributed by atoms with E-state index in [0.29, 0.717) is 12.1 Å². The van der Waals surface area contributed by atoms with Crippen LogP contribution in [0.5, 0.6) is 0 Å². The van der Waals surface area contributed by atoms with Crippen molar-refractivity contribution in [2.45, 2.75) is 49.9 Å². The SMILES string of the molecule is CC1=NC(C(=O)N2CCCC[C@H]2Cc2cn3c(F)cccc3n2)C(c2ccccc2)S1. The van der Waals surface area contributed by atoms with E-state index in [1.165, 1.54) is 10.5 Å². The van der Waals surface area contributed by atoms with Gasteiger partial charge in [-0.3, -0.25) is 14.2 Å². The molecule has 2 aliphatic heterocycles. The minimum absolute atomic E-state index is 0.0144. The summed E-state index contributed by atoms with van der Waals surface area (Å²) in [6.45, 7) is 2.72. The Morgan fingerprint density at radius 2 is 2.00 bits per heavy atom. The molecule has 1 aromatic carbocycles. The maximum absolute atomic E-state index is 14.1. The molecule has 31 heavy (non-hydrogen) atoms. The maximum Gasteiger partial charge on any atom is 0.249 e. The Hall–Kier alpha value is -2.67. The molecule has 0 aliphatic carbocycles. The standard InChI is InChI=1S/C24H25FN4OS/c1-16-26-22(23(31-16)17-8-3-2-4-9-17)24(30)28-13-6-5-10-19(28)14-18-15-29-20(25)11-7-12-21(29)27-18/h2-4,7-9,11-12,15,19,22-23H,5-6,10,13-14H2,1H3/t19-,22?,23?/m0/s1. The van der Waals surface area contributed by atoms with Crippen LogP contribution in [0, 0.1) is 5.95 Å². The van der Waals surface area contributed by atoms with Crippen LogP contribution < -0.4 is 0 Å². The van der Waals surface area contributed by atoms with Crippen molar-refractivity contribution in [2.75, 3.05) is 6.54 Å². The van der Waals surface area contributed by atoms with Crippen LogP contribution >= 0.6 is 11.8 Å². The lowest BCUT2D eigenvalue weighted by Gasteiger charge is -2.37. The van der Waals surface area contributed by atoms with Gasteiger partial charge in [0.1, 0.15) is 11.7 Å². The van der Waals surface area contributed by atoms with E-state index < -0.39 is 6.04 Å². The van der Waals surface area contributed by atoms with E-state index >= 15 is 0 Å². The summed E-state index contributed by atoms with van der Waals surface area (Å²) in [5, 5.41) is 0.970. The molecule has 0 spiro atoms. The summed E-state index contributed by atoms with van der Waals surface area (Å²) in [6.07, 6.45) is 5.40. The largest absolute Gasteiger partial charge is 0.337 e. The average molecular weight is 437 g/mol. The molecule has 2 unspecified atom stereocenters. The highest BCUT2D eigenvalue weighted by Gasteiger charge is 2.40. The molecule has 5 nitrogen and oxygen atoms in total. The Kier molecular flexibility index (Phi) is 5.52. The minimum Gasteiger partial charge on any atom is -0.337 e. The zero-order chi connectivity index (χ0) is 21.4. The van der Waals surface area contributed by atoms with Crippen LogP contribution in [-0.4, -0.2) is 43.9 Å². The second kappa shape index (κ2) is 8.46. The van der Waals surface area contributed by atoms with Gasteiger partial charge in [0.25, 0.3) is 0 Å². The molecule has 1 amide bonds. The lowest BCUT2D eigenvalue weighted by atomic mass is 9.96. The number of carbonyl (C=O) groups is 1. The molecule has 0 radical (unpaired) electrons. The molecular formula is C24H25FN4OS. The highest BCUT2D eigenvalue weighted by atomic mass is 32.2. The lowest BCUT2D eigenvalue weighted by Crippen LogP contribution is -2.49. The summed E-state index contributed by atoms with van der Waals surface area (Å²) in [6, 6.07) is 14.7. The number of imidazole rings is 1.